The smallest absolute Gasteiger partial charge is 0.317 e. The van der Waals surface area contributed by atoms with Gasteiger partial charge in [-0.1, -0.05) is 20.3 Å². The molecule has 0 saturated heterocycles. The number of nitrogens with one attached hydrogen (secondary N) is 1. The highest BCUT2D eigenvalue weighted by atomic mass is 16.4. The zero-order valence-corrected chi connectivity index (χ0v) is 11.9. The van der Waals surface area contributed by atoms with E-state index < -0.39 is 5.97 Å². The van der Waals surface area contributed by atoms with Gasteiger partial charge in [-0.25, -0.2) is 4.79 Å². The number of carboxylic acid groups (broad SMARTS) is 1. The average Bonchev–Trinajstić information content (AvgIpc) is 2.33. The monoisotopic (exact) mass is 258 g/mol. The molecule has 0 aliphatic heterocycles. The van der Waals surface area contributed by atoms with Crippen LogP contribution >= 0.6 is 0 Å². The third-order valence-electron chi connectivity index (χ3n) is 3.20. The minimum absolute atomic E-state index is 0.0843. The molecule has 0 bridgehead atoms. The van der Waals surface area contributed by atoms with Crippen molar-refractivity contribution in [2.24, 2.45) is 5.92 Å². The Morgan fingerprint density at radius 1 is 1.28 bits per heavy atom. The lowest BCUT2D eigenvalue weighted by Crippen LogP contribution is -2.42. The Morgan fingerprint density at radius 2 is 1.89 bits per heavy atom. The van der Waals surface area contributed by atoms with Crippen LogP contribution in [0.2, 0.25) is 0 Å². The Bertz CT molecular complexity index is 269. The van der Waals surface area contributed by atoms with Crippen molar-refractivity contribution in [2.75, 3.05) is 13.6 Å². The van der Waals surface area contributed by atoms with E-state index in [1.807, 2.05) is 6.92 Å². The minimum Gasteiger partial charge on any atom is -0.481 e. The van der Waals surface area contributed by atoms with Gasteiger partial charge < -0.3 is 15.3 Å². The third kappa shape index (κ3) is 6.47. The number of aliphatic carboxylic acids is 1. The molecule has 0 heterocycles. The minimum atomic E-state index is -0.782. The summed E-state index contributed by atoms with van der Waals surface area (Å²) in [5, 5.41) is 11.5. The highest BCUT2D eigenvalue weighted by Gasteiger charge is 2.14. The molecule has 0 rings (SSSR count). The number of urea groups is 1. The summed E-state index contributed by atoms with van der Waals surface area (Å²) in [6.07, 6.45) is 3.31. The molecule has 2 atom stereocenters. The fourth-order valence-electron chi connectivity index (χ4n) is 1.66. The Labute approximate surface area is 110 Å². The number of amides is 2. The normalized spacial score (nSPS) is 13.8. The number of rotatable bonds is 8. The lowest BCUT2D eigenvalue weighted by Gasteiger charge is -2.24. The van der Waals surface area contributed by atoms with Crippen LogP contribution in [0.3, 0.4) is 0 Å². The predicted molar refractivity (Wildman–Crippen MR) is 71.6 cm³/mol. The van der Waals surface area contributed by atoms with Crippen molar-refractivity contribution in [1.82, 2.24) is 10.2 Å². The molecule has 18 heavy (non-hydrogen) atoms. The first-order chi connectivity index (χ1) is 8.40. The Hall–Kier alpha value is -1.26. The van der Waals surface area contributed by atoms with Crippen molar-refractivity contribution >= 4 is 12.0 Å². The van der Waals surface area contributed by atoms with E-state index in [0.29, 0.717) is 19.4 Å². The van der Waals surface area contributed by atoms with E-state index in [4.69, 9.17) is 5.11 Å². The van der Waals surface area contributed by atoms with Crippen LogP contribution in [-0.4, -0.2) is 41.6 Å². The maximum atomic E-state index is 11.7. The summed E-state index contributed by atoms with van der Waals surface area (Å²) >= 11 is 0. The van der Waals surface area contributed by atoms with E-state index in [1.165, 1.54) is 0 Å². The summed E-state index contributed by atoms with van der Waals surface area (Å²) < 4.78 is 0. The van der Waals surface area contributed by atoms with Gasteiger partial charge in [0.2, 0.25) is 0 Å². The second-order valence-corrected chi connectivity index (χ2v) is 4.86. The zero-order valence-electron chi connectivity index (χ0n) is 11.9. The topological polar surface area (TPSA) is 69.6 Å². The molecule has 2 amide bonds. The van der Waals surface area contributed by atoms with Gasteiger partial charge in [0.25, 0.3) is 0 Å². The summed E-state index contributed by atoms with van der Waals surface area (Å²) in [5.41, 5.74) is 0. The van der Waals surface area contributed by atoms with Gasteiger partial charge in [0.1, 0.15) is 0 Å². The largest absolute Gasteiger partial charge is 0.481 e. The van der Waals surface area contributed by atoms with Crippen molar-refractivity contribution in [1.29, 1.82) is 0 Å². The van der Waals surface area contributed by atoms with Crippen LogP contribution in [0.25, 0.3) is 0 Å². The van der Waals surface area contributed by atoms with Crippen LogP contribution in [0, 0.1) is 5.92 Å². The lowest BCUT2D eigenvalue weighted by molar-refractivity contribution is -0.141. The van der Waals surface area contributed by atoms with Gasteiger partial charge in [-0.2, -0.15) is 0 Å². The maximum absolute atomic E-state index is 11.7. The lowest BCUT2D eigenvalue weighted by atomic mass is 10.1. The van der Waals surface area contributed by atoms with Crippen molar-refractivity contribution < 1.29 is 14.7 Å². The van der Waals surface area contributed by atoms with Gasteiger partial charge in [-0.05, 0) is 26.2 Å². The molecule has 106 valence electrons. The number of carbonyl (C=O) groups excluding carboxylic acids is 1. The molecular formula is C13H26N2O3. The van der Waals surface area contributed by atoms with Crippen LogP contribution < -0.4 is 5.32 Å². The number of carbonyl (C=O) groups is 2. The zero-order chi connectivity index (χ0) is 14.1. The SMILES string of the molecule is CCCC(C)N(C)C(=O)NCCCC(C)C(=O)O. The molecule has 0 aliphatic rings. The molecule has 0 aliphatic carbocycles. The number of nitrogens with zero attached hydrogens (tertiary/aromatic N) is 1. The Balaban J connectivity index is 3.80. The summed E-state index contributed by atoms with van der Waals surface area (Å²) in [7, 11) is 1.79. The van der Waals surface area contributed by atoms with Crippen LogP contribution in [0.5, 0.6) is 0 Å². The summed E-state index contributed by atoms with van der Waals surface area (Å²) in [5.74, 6) is -1.13. The van der Waals surface area contributed by atoms with E-state index in [9.17, 15) is 9.59 Å². The van der Waals surface area contributed by atoms with Crippen LogP contribution in [0.15, 0.2) is 0 Å². The highest BCUT2D eigenvalue weighted by Crippen LogP contribution is 2.06. The second-order valence-electron chi connectivity index (χ2n) is 4.86. The van der Waals surface area contributed by atoms with Gasteiger partial charge >= 0.3 is 12.0 Å². The van der Waals surface area contributed by atoms with E-state index in [2.05, 4.69) is 12.2 Å². The van der Waals surface area contributed by atoms with E-state index >= 15 is 0 Å². The molecule has 0 fully saturated rings. The van der Waals surface area contributed by atoms with Gasteiger partial charge in [-0.3, -0.25) is 4.79 Å². The molecule has 0 radical (unpaired) electrons. The summed E-state index contributed by atoms with van der Waals surface area (Å²) in [6.45, 7) is 6.32. The van der Waals surface area contributed by atoms with Gasteiger partial charge in [-0.15, -0.1) is 0 Å². The second kappa shape index (κ2) is 8.78. The summed E-state index contributed by atoms with van der Waals surface area (Å²) in [4.78, 5) is 24.0. The van der Waals surface area contributed by atoms with Gasteiger partial charge in [0, 0.05) is 19.6 Å². The van der Waals surface area contributed by atoms with E-state index in [1.54, 1.807) is 18.9 Å². The van der Waals surface area contributed by atoms with Crippen LogP contribution in [0.1, 0.15) is 46.5 Å². The number of carboxylic acids is 1. The first-order valence-electron chi connectivity index (χ1n) is 6.63. The van der Waals surface area contributed by atoms with Gasteiger partial charge in [0.15, 0.2) is 0 Å². The van der Waals surface area contributed by atoms with Crippen LogP contribution in [-0.2, 0) is 4.79 Å². The molecule has 2 unspecified atom stereocenters. The fraction of sp³-hybridized carbons (Fsp3) is 0.846. The van der Waals surface area contributed by atoms with Crippen molar-refractivity contribution in [2.45, 2.75) is 52.5 Å². The molecule has 5 heteroatoms. The van der Waals surface area contributed by atoms with Gasteiger partial charge in [0.05, 0.1) is 5.92 Å². The molecule has 5 nitrogen and oxygen atoms in total. The molecule has 2 N–H and O–H groups in total. The van der Waals surface area contributed by atoms with E-state index in [-0.39, 0.29) is 18.0 Å². The van der Waals surface area contributed by atoms with E-state index in [0.717, 1.165) is 12.8 Å². The molecule has 0 saturated carbocycles. The number of hydrogen-bond acceptors (Lipinski definition) is 2. The predicted octanol–water partition coefficient (Wildman–Crippen LogP) is 2.32. The highest BCUT2D eigenvalue weighted by molar-refractivity contribution is 5.74. The number of hydrogen-bond donors (Lipinski definition) is 2. The van der Waals surface area contributed by atoms with Crippen molar-refractivity contribution in [3.05, 3.63) is 0 Å². The standard InChI is InChI=1S/C13H26N2O3/c1-5-7-11(3)15(4)13(18)14-9-6-8-10(2)12(16)17/h10-11H,5-9H2,1-4H3,(H,14,18)(H,16,17). The summed E-state index contributed by atoms with van der Waals surface area (Å²) in [6, 6.07) is 0.145. The van der Waals surface area contributed by atoms with Crippen LogP contribution in [0.4, 0.5) is 4.79 Å². The van der Waals surface area contributed by atoms with Crippen molar-refractivity contribution in [3.63, 3.8) is 0 Å². The molecule has 0 aromatic heterocycles. The molecular weight excluding hydrogens is 232 g/mol. The first-order valence-corrected chi connectivity index (χ1v) is 6.63. The molecule has 0 aromatic rings. The molecule has 0 aromatic carbocycles. The quantitative estimate of drug-likeness (QED) is 0.656. The molecule has 0 spiro atoms. The first kappa shape index (κ1) is 16.7. The Kier molecular flexibility index (Phi) is 8.16. The average molecular weight is 258 g/mol. The third-order valence-corrected chi connectivity index (χ3v) is 3.20. The Morgan fingerprint density at radius 3 is 2.39 bits per heavy atom. The van der Waals surface area contributed by atoms with Crippen molar-refractivity contribution in [3.8, 4) is 0 Å². The maximum Gasteiger partial charge on any atom is 0.317 e. The fourth-order valence-corrected chi connectivity index (χ4v) is 1.66.